The lowest BCUT2D eigenvalue weighted by molar-refractivity contribution is 0.0950. The van der Waals surface area contributed by atoms with Gasteiger partial charge in [0.25, 0.3) is 5.91 Å². The molecule has 2 aromatic rings. The second-order valence-corrected chi connectivity index (χ2v) is 4.94. The molecule has 0 saturated carbocycles. The van der Waals surface area contributed by atoms with E-state index in [4.69, 9.17) is 0 Å². The van der Waals surface area contributed by atoms with Crippen LogP contribution < -0.4 is 5.32 Å². The molecule has 1 aromatic carbocycles. The fraction of sp³-hybridized carbons (Fsp3) is 0.143. The van der Waals surface area contributed by atoms with E-state index in [0.717, 1.165) is 11.4 Å². The van der Waals surface area contributed by atoms with Crippen LogP contribution in [-0.4, -0.2) is 10.9 Å². The van der Waals surface area contributed by atoms with E-state index in [9.17, 15) is 9.18 Å². The molecule has 0 radical (unpaired) electrons. The Balaban J connectivity index is 2.03. The van der Waals surface area contributed by atoms with E-state index in [1.165, 1.54) is 12.1 Å². The van der Waals surface area contributed by atoms with Crippen molar-refractivity contribution in [3.8, 4) is 0 Å². The lowest BCUT2D eigenvalue weighted by atomic mass is 10.2. The Morgan fingerprint density at radius 3 is 2.84 bits per heavy atom. The van der Waals surface area contributed by atoms with Crippen molar-refractivity contribution in [2.45, 2.75) is 13.5 Å². The maximum Gasteiger partial charge on any atom is 0.251 e. The molecule has 0 saturated heterocycles. The molecular formula is C14H12BrFN2O. The Kier molecular flexibility index (Phi) is 4.27. The number of aromatic nitrogens is 1. The summed E-state index contributed by atoms with van der Waals surface area (Å²) in [6.45, 7) is 2.20. The van der Waals surface area contributed by atoms with Crippen molar-refractivity contribution in [2.75, 3.05) is 0 Å². The molecule has 2 rings (SSSR count). The average Bonchev–Trinajstić information content (AvgIpc) is 2.39. The summed E-state index contributed by atoms with van der Waals surface area (Å²) in [6.07, 6.45) is 0. The fourth-order valence-electron chi connectivity index (χ4n) is 1.61. The smallest absolute Gasteiger partial charge is 0.251 e. The minimum Gasteiger partial charge on any atom is -0.346 e. The van der Waals surface area contributed by atoms with Crippen molar-refractivity contribution in [3.63, 3.8) is 0 Å². The summed E-state index contributed by atoms with van der Waals surface area (Å²) in [4.78, 5) is 16.1. The predicted molar refractivity (Wildman–Crippen MR) is 74.2 cm³/mol. The van der Waals surface area contributed by atoms with Crippen molar-refractivity contribution < 1.29 is 9.18 Å². The third kappa shape index (κ3) is 3.61. The predicted octanol–water partition coefficient (Wildman–Crippen LogP) is 3.22. The Hall–Kier alpha value is -1.75. The molecule has 5 heteroatoms. The number of halogens is 2. The van der Waals surface area contributed by atoms with Crippen LogP contribution in [0.1, 0.15) is 21.7 Å². The summed E-state index contributed by atoms with van der Waals surface area (Å²) in [6, 6.07) is 9.86. The zero-order valence-corrected chi connectivity index (χ0v) is 11.9. The number of carbonyl (C=O) groups is 1. The van der Waals surface area contributed by atoms with Gasteiger partial charge in [0.05, 0.1) is 16.7 Å². The quantitative estimate of drug-likeness (QED) is 0.942. The summed E-state index contributed by atoms with van der Waals surface area (Å²) >= 11 is 3.05. The van der Waals surface area contributed by atoms with Crippen molar-refractivity contribution in [1.29, 1.82) is 0 Å². The van der Waals surface area contributed by atoms with Gasteiger partial charge in [0, 0.05) is 11.3 Å². The highest BCUT2D eigenvalue weighted by molar-refractivity contribution is 9.10. The summed E-state index contributed by atoms with van der Waals surface area (Å²) in [5.74, 6) is -0.781. The number of nitrogens with zero attached hydrogens (tertiary/aromatic N) is 1. The zero-order chi connectivity index (χ0) is 13.8. The van der Waals surface area contributed by atoms with Gasteiger partial charge in [-0.3, -0.25) is 9.78 Å². The molecule has 0 aliphatic heterocycles. The van der Waals surface area contributed by atoms with Crippen LogP contribution >= 0.6 is 15.9 Å². The van der Waals surface area contributed by atoms with Gasteiger partial charge >= 0.3 is 0 Å². The van der Waals surface area contributed by atoms with Crippen molar-refractivity contribution in [1.82, 2.24) is 10.3 Å². The van der Waals surface area contributed by atoms with Gasteiger partial charge in [0.1, 0.15) is 5.82 Å². The first kappa shape index (κ1) is 13.7. The largest absolute Gasteiger partial charge is 0.346 e. The second-order valence-electron chi connectivity index (χ2n) is 4.08. The van der Waals surface area contributed by atoms with Crippen LogP contribution in [-0.2, 0) is 6.54 Å². The summed E-state index contributed by atoms with van der Waals surface area (Å²) in [7, 11) is 0. The lowest BCUT2D eigenvalue weighted by Crippen LogP contribution is -2.23. The first-order valence-electron chi connectivity index (χ1n) is 5.72. The normalized spacial score (nSPS) is 10.3. The molecule has 0 atom stereocenters. The minimum atomic E-state index is -0.457. The van der Waals surface area contributed by atoms with Gasteiger partial charge in [-0.1, -0.05) is 6.07 Å². The Bertz CT molecular complexity index is 616. The van der Waals surface area contributed by atoms with Crippen molar-refractivity contribution in [2.24, 2.45) is 0 Å². The molecular weight excluding hydrogens is 311 g/mol. The number of nitrogens with one attached hydrogen (secondary N) is 1. The van der Waals surface area contributed by atoms with Gasteiger partial charge in [-0.2, -0.15) is 0 Å². The molecule has 0 fully saturated rings. The van der Waals surface area contributed by atoms with Crippen molar-refractivity contribution in [3.05, 3.63) is 63.6 Å². The number of aryl methyl sites for hydroxylation is 1. The standard InChI is InChI=1S/C14H12BrFN2O/c1-9-3-2-4-11(18-9)8-17-14(19)10-5-6-12(15)13(16)7-10/h2-7H,8H2,1H3,(H,17,19). The molecule has 1 N–H and O–H groups in total. The SMILES string of the molecule is Cc1cccc(CNC(=O)c2ccc(Br)c(F)c2)n1. The van der Waals surface area contributed by atoms with E-state index in [0.29, 0.717) is 11.0 Å². The van der Waals surface area contributed by atoms with E-state index >= 15 is 0 Å². The van der Waals surface area contributed by atoms with E-state index in [1.54, 1.807) is 6.07 Å². The van der Waals surface area contributed by atoms with E-state index in [1.807, 2.05) is 25.1 Å². The number of rotatable bonds is 3. The number of hydrogen-bond donors (Lipinski definition) is 1. The van der Waals surface area contributed by atoms with Crippen LogP contribution in [0.4, 0.5) is 4.39 Å². The highest BCUT2D eigenvalue weighted by Crippen LogP contribution is 2.16. The summed E-state index contributed by atoms with van der Waals surface area (Å²) in [5, 5.41) is 2.71. The molecule has 0 bridgehead atoms. The second kappa shape index (κ2) is 5.93. The van der Waals surface area contributed by atoms with Crippen LogP contribution in [0, 0.1) is 12.7 Å². The molecule has 0 unspecified atom stereocenters. The Labute approximate surface area is 119 Å². The lowest BCUT2D eigenvalue weighted by Gasteiger charge is -2.06. The van der Waals surface area contributed by atoms with Crippen LogP contribution in [0.25, 0.3) is 0 Å². The third-order valence-corrected chi connectivity index (χ3v) is 3.20. The first-order valence-corrected chi connectivity index (χ1v) is 6.51. The Morgan fingerprint density at radius 1 is 1.37 bits per heavy atom. The third-order valence-electron chi connectivity index (χ3n) is 2.56. The first-order chi connectivity index (χ1) is 9.06. The highest BCUT2D eigenvalue weighted by atomic mass is 79.9. The van der Waals surface area contributed by atoms with Gasteiger partial charge in [-0.15, -0.1) is 0 Å². The molecule has 98 valence electrons. The number of benzene rings is 1. The van der Waals surface area contributed by atoms with E-state index < -0.39 is 5.82 Å². The molecule has 0 aliphatic carbocycles. The van der Waals surface area contributed by atoms with E-state index in [-0.39, 0.29) is 11.5 Å². The van der Waals surface area contributed by atoms with Crippen LogP contribution in [0.3, 0.4) is 0 Å². The minimum absolute atomic E-state index is 0.286. The van der Waals surface area contributed by atoms with Gasteiger partial charge in [0.15, 0.2) is 0 Å². The van der Waals surface area contributed by atoms with Gasteiger partial charge in [-0.05, 0) is 53.2 Å². The zero-order valence-electron chi connectivity index (χ0n) is 10.3. The topological polar surface area (TPSA) is 42.0 Å². The molecule has 1 heterocycles. The summed E-state index contributed by atoms with van der Waals surface area (Å²) in [5.41, 5.74) is 1.95. The Morgan fingerprint density at radius 2 is 2.16 bits per heavy atom. The molecule has 3 nitrogen and oxygen atoms in total. The fourth-order valence-corrected chi connectivity index (χ4v) is 1.85. The monoisotopic (exact) mass is 322 g/mol. The van der Waals surface area contributed by atoms with Crippen LogP contribution in [0.15, 0.2) is 40.9 Å². The number of amides is 1. The molecule has 19 heavy (non-hydrogen) atoms. The number of hydrogen-bond acceptors (Lipinski definition) is 2. The van der Waals surface area contributed by atoms with Gasteiger partial charge < -0.3 is 5.32 Å². The average molecular weight is 323 g/mol. The van der Waals surface area contributed by atoms with Gasteiger partial charge in [0.2, 0.25) is 0 Å². The summed E-state index contributed by atoms with van der Waals surface area (Å²) < 4.78 is 13.7. The number of pyridine rings is 1. The van der Waals surface area contributed by atoms with Crippen molar-refractivity contribution >= 4 is 21.8 Å². The molecule has 1 amide bonds. The maximum atomic E-state index is 13.3. The van der Waals surface area contributed by atoms with Crippen LogP contribution in [0.5, 0.6) is 0 Å². The molecule has 1 aromatic heterocycles. The van der Waals surface area contributed by atoms with Gasteiger partial charge in [-0.25, -0.2) is 4.39 Å². The van der Waals surface area contributed by atoms with Crippen LogP contribution in [0.2, 0.25) is 0 Å². The van der Waals surface area contributed by atoms with E-state index in [2.05, 4.69) is 26.2 Å². The molecule has 0 spiro atoms. The highest BCUT2D eigenvalue weighted by Gasteiger charge is 2.08. The maximum absolute atomic E-state index is 13.3. The number of carbonyl (C=O) groups excluding carboxylic acids is 1. The molecule has 0 aliphatic rings.